The van der Waals surface area contributed by atoms with E-state index in [1.54, 1.807) is 0 Å². The summed E-state index contributed by atoms with van der Waals surface area (Å²) in [5.74, 6) is 0.471. The number of rotatable bonds is 8. The first-order chi connectivity index (χ1) is 10.2. The van der Waals surface area contributed by atoms with Crippen LogP contribution in [0.25, 0.3) is 0 Å². The summed E-state index contributed by atoms with van der Waals surface area (Å²) in [5, 5.41) is 12.5. The maximum absolute atomic E-state index is 13.0. The van der Waals surface area contributed by atoms with Crippen molar-refractivity contribution in [2.75, 3.05) is 32.8 Å². The van der Waals surface area contributed by atoms with Crippen LogP contribution in [0, 0.1) is 11.7 Å². The molecular weight excluding hydrogens is 267 g/mol. The van der Waals surface area contributed by atoms with E-state index in [1.165, 1.54) is 18.6 Å². The van der Waals surface area contributed by atoms with Gasteiger partial charge in [0.15, 0.2) is 0 Å². The van der Waals surface area contributed by atoms with Crippen LogP contribution in [0.3, 0.4) is 0 Å². The highest BCUT2D eigenvalue weighted by molar-refractivity contribution is 5.20. The molecule has 1 aromatic rings. The minimum atomic E-state index is -0.180. The maximum atomic E-state index is 13.0. The molecule has 1 aliphatic rings. The van der Waals surface area contributed by atoms with Gasteiger partial charge in [0.2, 0.25) is 0 Å². The molecule has 118 valence electrons. The molecule has 0 saturated carbocycles. The number of nitrogens with zero attached hydrogens (tertiary/aromatic N) is 1. The van der Waals surface area contributed by atoms with Crippen molar-refractivity contribution in [2.45, 2.75) is 32.2 Å². The van der Waals surface area contributed by atoms with Crippen LogP contribution in [0.4, 0.5) is 4.39 Å². The summed E-state index contributed by atoms with van der Waals surface area (Å²) < 4.78 is 13.0. The Balaban J connectivity index is 1.84. The predicted molar refractivity (Wildman–Crippen MR) is 83.7 cm³/mol. The Morgan fingerprint density at radius 2 is 2.14 bits per heavy atom. The molecule has 0 aliphatic carbocycles. The summed E-state index contributed by atoms with van der Waals surface area (Å²) in [4.78, 5) is 2.48. The van der Waals surface area contributed by atoms with E-state index in [2.05, 4.69) is 17.1 Å². The topological polar surface area (TPSA) is 35.5 Å². The average molecular weight is 294 g/mol. The molecule has 2 rings (SSSR count). The normalized spacial score (nSPS) is 20.8. The molecule has 1 aliphatic heterocycles. The van der Waals surface area contributed by atoms with Gasteiger partial charge >= 0.3 is 0 Å². The van der Waals surface area contributed by atoms with Crippen LogP contribution in [0.5, 0.6) is 0 Å². The number of benzene rings is 1. The second kappa shape index (κ2) is 8.47. The van der Waals surface area contributed by atoms with E-state index in [0.29, 0.717) is 12.5 Å². The molecule has 1 saturated heterocycles. The third-order valence-corrected chi connectivity index (χ3v) is 4.36. The molecule has 1 aromatic carbocycles. The maximum Gasteiger partial charge on any atom is 0.123 e. The lowest BCUT2D eigenvalue weighted by Gasteiger charge is -2.22. The lowest BCUT2D eigenvalue weighted by atomic mass is 10.0. The van der Waals surface area contributed by atoms with Gasteiger partial charge in [0.05, 0.1) is 0 Å². The lowest BCUT2D eigenvalue weighted by molar-refractivity contribution is 0.248. The number of hydrogen-bond acceptors (Lipinski definition) is 3. The monoisotopic (exact) mass is 294 g/mol. The van der Waals surface area contributed by atoms with Crippen LogP contribution in [0.15, 0.2) is 24.3 Å². The number of halogens is 1. The second-order valence-electron chi connectivity index (χ2n) is 5.92. The van der Waals surface area contributed by atoms with Crippen molar-refractivity contribution in [2.24, 2.45) is 5.92 Å². The van der Waals surface area contributed by atoms with Crippen LogP contribution >= 0.6 is 0 Å². The summed E-state index contributed by atoms with van der Waals surface area (Å²) in [6.07, 6.45) is 3.15. The van der Waals surface area contributed by atoms with Crippen LogP contribution in [0.1, 0.15) is 37.8 Å². The molecule has 0 amide bonds. The van der Waals surface area contributed by atoms with Crippen molar-refractivity contribution in [3.05, 3.63) is 35.6 Å². The Labute approximate surface area is 127 Å². The average Bonchev–Trinajstić information content (AvgIpc) is 2.93. The summed E-state index contributed by atoms with van der Waals surface area (Å²) in [7, 11) is 0. The quantitative estimate of drug-likeness (QED) is 0.773. The first kappa shape index (κ1) is 16.4. The zero-order chi connectivity index (χ0) is 15.1. The molecule has 0 aromatic heterocycles. The third-order valence-electron chi connectivity index (χ3n) is 4.36. The lowest BCUT2D eigenvalue weighted by Crippen LogP contribution is -2.28. The molecule has 2 atom stereocenters. The Kier molecular flexibility index (Phi) is 6.61. The van der Waals surface area contributed by atoms with Crippen LogP contribution < -0.4 is 5.32 Å². The van der Waals surface area contributed by atoms with Gasteiger partial charge in [0.1, 0.15) is 5.82 Å². The summed E-state index contributed by atoms with van der Waals surface area (Å²) in [6.45, 7) is 6.60. The van der Waals surface area contributed by atoms with Crippen molar-refractivity contribution in [3.63, 3.8) is 0 Å². The van der Waals surface area contributed by atoms with Gasteiger partial charge in [-0.2, -0.15) is 0 Å². The first-order valence-corrected chi connectivity index (χ1v) is 8.05. The molecule has 0 bridgehead atoms. The van der Waals surface area contributed by atoms with Crippen LogP contribution in [-0.2, 0) is 0 Å². The predicted octanol–water partition coefficient (Wildman–Crippen LogP) is 2.57. The Morgan fingerprint density at radius 1 is 1.38 bits per heavy atom. The van der Waals surface area contributed by atoms with Gasteiger partial charge in [-0.3, -0.25) is 0 Å². The van der Waals surface area contributed by atoms with E-state index in [4.69, 9.17) is 5.11 Å². The Morgan fingerprint density at radius 3 is 2.81 bits per heavy atom. The second-order valence-corrected chi connectivity index (χ2v) is 5.92. The number of likely N-dealkylation sites (tertiary alicyclic amines) is 1. The van der Waals surface area contributed by atoms with E-state index in [-0.39, 0.29) is 11.9 Å². The van der Waals surface area contributed by atoms with E-state index < -0.39 is 0 Å². The van der Waals surface area contributed by atoms with E-state index in [9.17, 15) is 4.39 Å². The molecule has 21 heavy (non-hydrogen) atoms. The van der Waals surface area contributed by atoms with Crippen molar-refractivity contribution < 1.29 is 9.50 Å². The highest BCUT2D eigenvalue weighted by atomic mass is 19.1. The molecule has 4 heteroatoms. The molecular formula is C17H27FN2O. The number of aliphatic hydroxyl groups is 1. The highest BCUT2D eigenvalue weighted by Crippen LogP contribution is 2.22. The fourth-order valence-electron chi connectivity index (χ4n) is 3.17. The smallest absolute Gasteiger partial charge is 0.123 e. The fourth-order valence-corrected chi connectivity index (χ4v) is 3.17. The number of hydrogen-bond donors (Lipinski definition) is 2. The molecule has 1 heterocycles. The van der Waals surface area contributed by atoms with Crippen LogP contribution in [0.2, 0.25) is 0 Å². The number of nitrogens with one attached hydrogen (secondary N) is 1. The minimum Gasteiger partial charge on any atom is -0.396 e. The largest absolute Gasteiger partial charge is 0.396 e. The SMILES string of the molecule is CCNC(CCN1CCC(CCO)C1)c1ccc(F)cc1. The van der Waals surface area contributed by atoms with Gasteiger partial charge in [0.25, 0.3) is 0 Å². The first-order valence-electron chi connectivity index (χ1n) is 8.05. The van der Waals surface area contributed by atoms with Gasteiger partial charge in [-0.15, -0.1) is 0 Å². The molecule has 3 nitrogen and oxygen atoms in total. The third kappa shape index (κ3) is 5.06. The van der Waals surface area contributed by atoms with E-state index >= 15 is 0 Å². The number of aliphatic hydroxyl groups excluding tert-OH is 1. The fraction of sp³-hybridized carbons (Fsp3) is 0.647. The highest BCUT2D eigenvalue weighted by Gasteiger charge is 2.22. The summed E-state index contributed by atoms with van der Waals surface area (Å²) in [5.41, 5.74) is 1.16. The molecule has 2 unspecified atom stereocenters. The van der Waals surface area contributed by atoms with Gasteiger partial charge in [-0.05, 0) is 62.5 Å². The zero-order valence-electron chi connectivity index (χ0n) is 12.9. The molecule has 0 radical (unpaired) electrons. The van der Waals surface area contributed by atoms with Gasteiger partial charge in [-0.1, -0.05) is 19.1 Å². The van der Waals surface area contributed by atoms with Crippen LogP contribution in [-0.4, -0.2) is 42.8 Å². The minimum absolute atomic E-state index is 0.180. The molecule has 1 fully saturated rings. The van der Waals surface area contributed by atoms with Crippen molar-refractivity contribution in [3.8, 4) is 0 Å². The molecule has 2 N–H and O–H groups in total. The Hall–Kier alpha value is -0.970. The van der Waals surface area contributed by atoms with Gasteiger partial charge in [0, 0.05) is 19.2 Å². The Bertz CT molecular complexity index is 410. The molecule has 0 spiro atoms. The van der Waals surface area contributed by atoms with Crippen molar-refractivity contribution >= 4 is 0 Å². The van der Waals surface area contributed by atoms with E-state index in [0.717, 1.165) is 44.6 Å². The summed E-state index contributed by atoms with van der Waals surface area (Å²) >= 11 is 0. The van der Waals surface area contributed by atoms with Crippen molar-refractivity contribution in [1.29, 1.82) is 0 Å². The van der Waals surface area contributed by atoms with Gasteiger partial charge < -0.3 is 15.3 Å². The van der Waals surface area contributed by atoms with Gasteiger partial charge in [-0.25, -0.2) is 4.39 Å². The van der Waals surface area contributed by atoms with Crippen molar-refractivity contribution in [1.82, 2.24) is 10.2 Å². The van der Waals surface area contributed by atoms with E-state index in [1.807, 2.05) is 12.1 Å². The summed E-state index contributed by atoms with van der Waals surface area (Å²) in [6, 6.07) is 7.11. The zero-order valence-corrected chi connectivity index (χ0v) is 12.9. The standard InChI is InChI=1S/C17H27FN2O/c1-2-19-17(15-3-5-16(18)6-4-15)8-11-20-10-7-14(13-20)9-12-21/h3-6,14,17,19,21H,2,7-13H2,1H3.